The van der Waals surface area contributed by atoms with E-state index in [1.807, 2.05) is 4.90 Å². The number of phenols is 1. The molecule has 2 atom stereocenters. The zero-order chi connectivity index (χ0) is 16.2. The Morgan fingerprint density at radius 2 is 1.70 bits per heavy atom. The highest BCUT2D eigenvalue weighted by Gasteiger charge is 2.28. The number of aromatic hydroxyl groups is 1. The number of aliphatic hydroxyl groups is 1. The number of nitrogens with zero attached hydrogens (tertiary/aromatic N) is 2. The molecule has 1 aliphatic heterocycles. The van der Waals surface area contributed by atoms with Crippen molar-refractivity contribution < 1.29 is 15.0 Å². The Labute approximate surface area is 137 Å². The lowest BCUT2D eigenvalue weighted by atomic mass is 9.86. The van der Waals surface area contributed by atoms with Gasteiger partial charge in [0, 0.05) is 38.3 Å². The Morgan fingerprint density at radius 3 is 2.35 bits per heavy atom. The van der Waals surface area contributed by atoms with Crippen molar-refractivity contribution in [3.63, 3.8) is 0 Å². The molecule has 1 heterocycles. The van der Waals surface area contributed by atoms with Gasteiger partial charge in [0.2, 0.25) is 0 Å². The van der Waals surface area contributed by atoms with Crippen LogP contribution in [0.4, 0.5) is 0 Å². The smallest absolute Gasteiger partial charge is 0.253 e. The van der Waals surface area contributed by atoms with Crippen LogP contribution in [-0.2, 0) is 0 Å². The van der Waals surface area contributed by atoms with Crippen LogP contribution >= 0.6 is 0 Å². The number of hydrogen-bond donors (Lipinski definition) is 2. The van der Waals surface area contributed by atoms with Gasteiger partial charge >= 0.3 is 0 Å². The van der Waals surface area contributed by atoms with E-state index in [4.69, 9.17) is 0 Å². The van der Waals surface area contributed by atoms with E-state index in [9.17, 15) is 15.0 Å². The highest BCUT2D eigenvalue weighted by Crippen LogP contribution is 2.25. The number of benzene rings is 1. The number of amides is 1. The minimum absolute atomic E-state index is 0.0300. The van der Waals surface area contributed by atoms with Crippen LogP contribution in [0, 0.1) is 5.92 Å². The Balaban J connectivity index is 1.50. The maximum atomic E-state index is 12.4. The molecule has 5 heteroatoms. The normalized spacial score (nSPS) is 26.2. The Bertz CT molecular complexity index is 524. The molecule has 2 N–H and O–H groups in total. The predicted molar refractivity (Wildman–Crippen MR) is 88.4 cm³/mol. The maximum absolute atomic E-state index is 12.4. The van der Waals surface area contributed by atoms with Gasteiger partial charge in [-0.3, -0.25) is 9.69 Å². The van der Waals surface area contributed by atoms with Gasteiger partial charge in [0.25, 0.3) is 5.91 Å². The molecule has 1 aromatic carbocycles. The van der Waals surface area contributed by atoms with Gasteiger partial charge in [-0.1, -0.05) is 12.8 Å². The molecule has 126 valence electrons. The van der Waals surface area contributed by atoms with E-state index in [1.165, 1.54) is 6.42 Å². The van der Waals surface area contributed by atoms with Crippen LogP contribution in [0.2, 0.25) is 0 Å². The quantitative estimate of drug-likeness (QED) is 0.890. The van der Waals surface area contributed by atoms with Gasteiger partial charge in [0.05, 0.1) is 6.10 Å². The molecule has 23 heavy (non-hydrogen) atoms. The van der Waals surface area contributed by atoms with Crippen molar-refractivity contribution in [1.82, 2.24) is 9.80 Å². The fourth-order valence-electron chi connectivity index (χ4n) is 3.65. The van der Waals surface area contributed by atoms with Crippen molar-refractivity contribution in [3.8, 4) is 5.75 Å². The van der Waals surface area contributed by atoms with Crippen LogP contribution < -0.4 is 0 Å². The summed E-state index contributed by atoms with van der Waals surface area (Å²) in [4.78, 5) is 16.7. The molecule has 3 rings (SSSR count). The van der Waals surface area contributed by atoms with E-state index >= 15 is 0 Å². The largest absolute Gasteiger partial charge is 0.508 e. The van der Waals surface area contributed by atoms with Crippen LogP contribution in [0.25, 0.3) is 0 Å². The number of carbonyl (C=O) groups excluding carboxylic acids is 1. The van der Waals surface area contributed by atoms with Gasteiger partial charge in [-0.2, -0.15) is 0 Å². The van der Waals surface area contributed by atoms with Gasteiger partial charge in [0.1, 0.15) is 5.75 Å². The highest BCUT2D eigenvalue weighted by atomic mass is 16.3. The number of aliphatic hydroxyl groups excluding tert-OH is 1. The molecule has 0 radical (unpaired) electrons. The molecule has 0 bridgehead atoms. The van der Waals surface area contributed by atoms with Crippen LogP contribution in [-0.4, -0.2) is 64.7 Å². The zero-order valence-electron chi connectivity index (χ0n) is 13.5. The first-order chi connectivity index (χ1) is 11.1. The number of rotatable bonds is 3. The van der Waals surface area contributed by atoms with Gasteiger partial charge in [0.15, 0.2) is 0 Å². The van der Waals surface area contributed by atoms with Crippen molar-refractivity contribution in [1.29, 1.82) is 0 Å². The summed E-state index contributed by atoms with van der Waals surface area (Å²) in [7, 11) is 0. The SMILES string of the molecule is O=C(c1ccc(O)cc1)N1CCN(CC2CCCCC2O)CC1. The number of piperazine rings is 1. The molecule has 2 unspecified atom stereocenters. The molecule has 0 spiro atoms. The van der Waals surface area contributed by atoms with E-state index in [-0.39, 0.29) is 17.8 Å². The highest BCUT2D eigenvalue weighted by molar-refractivity contribution is 5.94. The molecule has 1 saturated heterocycles. The number of phenolic OH excluding ortho intramolecular Hbond substituents is 1. The number of carbonyl (C=O) groups is 1. The van der Waals surface area contributed by atoms with Crippen molar-refractivity contribution >= 4 is 5.91 Å². The summed E-state index contributed by atoms with van der Waals surface area (Å²) in [6.07, 6.45) is 4.27. The summed E-state index contributed by atoms with van der Waals surface area (Å²) >= 11 is 0. The van der Waals surface area contributed by atoms with Gasteiger partial charge in [-0.25, -0.2) is 0 Å². The minimum atomic E-state index is -0.152. The molecular formula is C18H26N2O3. The molecule has 1 aliphatic carbocycles. The topological polar surface area (TPSA) is 64.0 Å². The predicted octanol–water partition coefficient (Wildman–Crippen LogP) is 1.70. The Morgan fingerprint density at radius 1 is 1.04 bits per heavy atom. The van der Waals surface area contributed by atoms with E-state index in [2.05, 4.69) is 4.90 Å². The first kappa shape index (κ1) is 16.3. The molecule has 1 amide bonds. The zero-order valence-corrected chi connectivity index (χ0v) is 13.5. The lowest BCUT2D eigenvalue weighted by Gasteiger charge is -2.38. The summed E-state index contributed by atoms with van der Waals surface area (Å²) in [5.74, 6) is 0.600. The van der Waals surface area contributed by atoms with Crippen LogP contribution in [0.15, 0.2) is 24.3 Å². The first-order valence-electron chi connectivity index (χ1n) is 8.62. The van der Waals surface area contributed by atoms with E-state index in [0.717, 1.165) is 52.0 Å². The Kier molecular flexibility index (Phi) is 5.18. The number of hydrogen-bond acceptors (Lipinski definition) is 4. The molecule has 2 aliphatic rings. The third-order valence-electron chi connectivity index (χ3n) is 5.14. The standard InChI is InChI=1S/C18H26N2O3/c21-16-7-5-14(6-8-16)18(23)20-11-9-19(10-12-20)13-15-3-1-2-4-17(15)22/h5-8,15,17,21-22H,1-4,9-13H2. The summed E-state index contributed by atoms with van der Waals surface area (Å²) < 4.78 is 0. The van der Waals surface area contributed by atoms with Crippen LogP contribution in [0.1, 0.15) is 36.0 Å². The van der Waals surface area contributed by atoms with Gasteiger partial charge < -0.3 is 15.1 Å². The fourth-order valence-corrected chi connectivity index (χ4v) is 3.65. The second-order valence-electron chi connectivity index (χ2n) is 6.75. The van der Waals surface area contributed by atoms with Crippen LogP contribution in [0.3, 0.4) is 0 Å². The molecule has 0 aromatic heterocycles. The van der Waals surface area contributed by atoms with Gasteiger partial charge in [-0.05, 0) is 43.0 Å². The lowest BCUT2D eigenvalue weighted by Crippen LogP contribution is -2.50. The van der Waals surface area contributed by atoms with E-state index in [1.54, 1.807) is 24.3 Å². The molecule has 5 nitrogen and oxygen atoms in total. The lowest BCUT2D eigenvalue weighted by molar-refractivity contribution is 0.0306. The van der Waals surface area contributed by atoms with Crippen LogP contribution in [0.5, 0.6) is 5.75 Å². The Hall–Kier alpha value is -1.59. The van der Waals surface area contributed by atoms with Crippen molar-refractivity contribution in [2.45, 2.75) is 31.8 Å². The molecular weight excluding hydrogens is 292 g/mol. The minimum Gasteiger partial charge on any atom is -0.508 e. The molecule has 1 aromatic rings. The first-order valence-corrected chi connectivity index (χ1v) is 8.62. The van der Waals surface area contributed by atoms with E-state index in [0.29, 0.717) is 11.5 Å². The third-order valence-corrected chi connectivity index (χ3v) is 5.14. The van der Waals surface area contributed by atoms with E-state index < -0.39 is 0 Å². The summed E-state index contributed by atoms with van der Waals surface area (Å²) in [5.41, 5.74) is 0.624. The van der Waals surface area contributed by atoms with Crippen molar-refractivity contribution in [3.05, 3.63) is 29.8 Å². The maximum Gasteiger partial charge on any atom is 0.253 e. The molecule has 1 saturated carbocycles. The van der Waals surface area contributed by atoms with Gasteiger partial charge in [-0.15, -0.1) is 0 Å². The van der Waals surface area contributed by atoms with Crippen molar-refractivity contribution in [2.24, 2.45) is 5.92 Å². The fraction of sp³-hybridized carbons (Fsp3) is 0.611. The summed E-state index contributed by atoms with van der Waals surface area (Å²) in [6.45, 7) is 4.13. The third kappa shape index (κ3) is 4.03. The second-order valence-corrected chi connectivity index (χ2v) is 6.75. The van der Waals surface area contributed by atoms with Crippen molar-refractivity contribution in [2.75, 3.05) is 32.7 Å². The molecule has 2 fully saturated rings. The summed E-state index contributed by atoms with van der Waals surface area (Å²) in [5, 5.41) is 19.4. The monoisotopic (exact) mass is 318 g/mol. The second kappa shape index (κ2) is 7.32. The average Bonchev–Trinajstić information content (AvgIpc) is 2.58. The summed E-state index contributed by atoms with van der Waals surface area (Å²) in [6, 6.07) is 6.44. The average molecular weight is 318 g/mol.